The van der Waals surface area contributed by atoms with E-state index in [-0.39, 0.29) is 0 Å². The molecule has 0 aromatic heterocycles. The van der Waals surface area contributed by atoms with Crippen molar-refractivity contribution in [2.45, 2.75) is 44.6 Å². The van der Waals surface area contributed by atoms with Gasteiger partial charge in [-0.1, -0.05) is 0 Å². The fourth-order valence-corrected chi connectivity index (χ4v) is 2.12. The van der Waals surface area contributed by atoms with Gasteiger partial charge in [0.25, 0.3) is 0 Å². The highest BCUT2D eigenvalue weighted by atomic mass is 16.5. The Morgan fingerprint density at radius 2 is 2.29 bits per heavy atom. The number of ether oxygens (including phenoxy) is 1. The number of rotatable bonds is 2. The normalized spacial score (nSPS) is 28.3. The molecule has 2 N–H and O–H groups in total. The van der Waals surface area contributed by atoms with Crippen LogP contribution in [0.2, 0.25) is 0 Å². The Morgan fingerprint density at radius 3 is 3.14 bits per heavy atom. The second-order valence-electron chi connectivity index (χ2n) is 4.23. The van der Waals surface area contributed by atoms with Crippen LogP contribution >= 0.6 is 0 Å². The highest BCUT2D eigenvalue weighted by molar-refractivity contribution is 5.76. The number of nitrogens with one attached hydrogen (secondary N) is 2. The van der Waals surface area contributed by atoms with Gasteiger partial charge in [-0.25, -0.2) is 0 Å². The Morgan fingerprint density at radius 1 is 1.29 bits per heavy atom. The van der Waals surface area contributed by atoms with E-state index in [0.29, 0.717) is 6.10 Å². The molecule has 1 fully saturated rings. The number of hydrogen-bond acceptors (Lipinski definition) is 2. The molecule has 0 radical (unpaired) electrons. The van der Waals surface area contributed by atoms with Gasteiger partial charge in [-0.3, -0.25) is 10.3 Å². The lowest BCUT2D eigenvalue weighted by atomic mass is 10.2. The van der Waals surface area contributed by atoms with Gasteiger partial charge in [0.2, 0.25) is 5.84 Å². The van der Waals surface area contributed by atoms with Crippen LogP contribution in [0.1, 0.15) is 38.5 Å². The predicted molar refractivity (Wildman–Crippen MR) is 56.3 cm³/mol. The van der Waals surface area contributed by atoms with Gasteiger partial charge in [0.15, 0.2) is 0 Å². The Kier molecular flexibility index (Phi) is 3.80. The number of hydrogen-bond donors (Lipinski definition) is 2. The lowest BCUT2D eigenvalue weighted by Gasteiger charge is -2.07. The molecule has 1 saturated heterocycles. The van der Waals surface area contributed by atoms with Crippen molar-refractivity contribution in [1.29, 1.82) is 0 Å². The first-order chi connectivity index (χ1) is 6.95. The fraction of sp³-hybridized carbons (Fsp3) is 0.909. The SMILES string of the molecule is C1CC[NH+]=C(NC[C@H]2CCCO2)CC1. The van der Waals surface area contributed by atoms with Gasteiger partial charge in [0, 0.05) is 13.0 Å². The molecule has 0 bridgehead atoms. The fourth-order valence-electron chi connectivity index (χ4n) is 2.12. The summed E-state index contributed by atoms with van der Waals surface area (Å²) in [6, 6.07) is 0. The van der Waals surface area contributed by atoms with Crippen LogP contribution in [-0.4, -0.2) is 31.6 Å². The molecule has 0 aliphatic carbocycles. The van der Waals surface area contributed by atoms with Crippen molar-refractivity contribution in [3.8, 4) is 0 Å². The third-order valence-corrected chi connectivity index (χ3v) is 3.01. The zero-order valence-corrected chi connectivity index (χ0v) is 8.85. The van der Waals surface area contributed by atoms with Crippen molar-refractivity contribution in [3.05, 3.63) is 0 Å². The molecule has 0 saturated carbocycles. The minimum absolute atomic E-state index is 0.451. The molecule has 2 rings (SSSR count). The van der Waals surface area contributed by atoms with Gasteiger partial charge in [-0.15, -0.1) is 0 Å². The maximum absolute atomic E-state index is 5.57. The van der Waals surface area contributed by atoms with Gasteiger partial charge in [-0.05, 0) is 32.1 Å². The molecule has 0 spiro atoms. The van der Waals surface area contributed by atoms with Gasteiger partial charge in [-0.2, -0.15) is 0 Å². The zero-order chi connectivity index (χ0) is 9.64. The van der Waals surface area contributed by atoms with Crippen molar-refractivity contribution in [3.63, 3.8) is 0 Å². The highest BCUT2D eigenvalue weighted by Crippen LogP contribution is 2.10. The average molecular weight is 197 g/mol. The molecule has 2 aliphatic heterocycles. The summed E-state index contributed by atoms with van der Waals surface area (Å²) in [6.45, 7) is 3.07. The predicted octanol–water partition coefficient (Wildman–Crippen LogP) is -0.192. The third-order valence-electron chi connectivity index (χ3n) is 3.01. The first-order valence-electron chi connectivity index (χ1n) is 5.90. The van der Waals surface area contributed by atoms with Crippen LogP contribution < -0.4 is 10.3 Å². The van der Waals surface area contributed by atoms with Crippen molar-refractivity contribution in [1.82, 2.24) is 5.32 Å². The molecule has 1 atom stereocenters. The van der Waals surface area contributed by atoms with Crippen LogP contribution in [0.5, 0.6) is 0 Å². The monoisotopic (exact) mass is 197 g/mol. The largest absolute Gasteiger partial charge is 0.374 e. The molecular formula is C11H21N2O+. The smallest absolute Gasteiger partial charge is 0.242 e. The molecule has 3 nitrogen and oxygen atoms in total. The van der Waals surface area contributed by atoms with E-state index < -0.39 is 0 Å². The number of amidine groups is 1. The molecular weight excluding hydrogens is 176 g/mol. The van der Waals surface area contributed by atoms with Crippen LogP contribution in [0.3, 0.4) is 0 Å². The van der Waals surface area contributed by atoms with E-state index in [9.17, 15) is 0 Å². The summed E-state index contributed by atoms with van der Waals surface area (Å²) in [4.78, 5) is 3.46. The standard InChI is InChI=1S/C11H20N2O/c1-2-6-11(12-7-3-1)13-9-10-5-4-8-14-10/h10H,1-9H2,(H,12,13)/p+1/t10-/m1/s1. The summed E-state index contributed by atoms with van der Waals surface area (Å²) in [7, 11) is 0. The summed E-state index contributed by atoms with van der Waals surface area (Å²) in [5.74, 6) is 1.33. The molecule has 0 aromatic carbocycles. The summed E-state index contributed by atoms with van der Waals surface area (Å²) in [5.41, 5.74) is 0. The molecule has 3 heteroatoms. The lowest BCUT2D eigenvalue weighted by Crippen LogP contribution is -2.75. The highest BCUT2D eigenvalue weighted by Gasteiger charge is 2.18. The molecule has 0 unspecified atom stereocenters. The van der Waals surface area contributed by atoms with Crippen LogP contribution in [0.4, 0.5) is 0 Å². The minimum Gasteiger partial charge on any atom is -0.374 e. The van der Waals surface area contributed by atoms with Crippen molar-refractivity contribution >= 4 is 5.84 Å². The Labute approximate surface area is 85.9 Å². The molecule has 0 aromatic rings. The van der Waals surface area contributed by atoms with E-state index in [0.717, 1.165) is 19.7 Å². The Balaban J connectivity index is 1.70. The average Bonchev–Trinajstić information content (AvgIpc) is 2.58. The topological polar surface area (TPSA) is 35.2 Å². The van der Waals surface area contributed by atoms with E-state index >= 15 is 0 Å². The van der Waals surface area contributed by atoms with Crippen LogP contribution in [0.25, 0.3) is 0 Å². The second-order valence-corrected chi connectivity index (χ2v) is 4.23. The third kappa shape index (κ3) is 2.98. The molecule has 0 amide bonds. The second kappa shape index (κ2) is 5.35. The van der Waals surface area contributed by atoms with Crippen LogP contribution in [-0.2, 0) is 4.74 Å². The van der Waals surface area contributed by atoms with Crippen LogP contribution in [0.15, 0.2) is 0 Å². The van der Waals surface area contributed by atoms with E-state index in [1.807, 2.05) is 0 Å². The van der Waals surface area contributed by atoms with Gasteiger partial charge in [0.05, 0.1) is 12.6 Å². The molecule has 14 heavy (non-hydrogen) atoms. The molecule has 2 heterocycles. The van der Waals surface area contributed by atoms with Crippen molar-refractivity contribution in [2.75, 3.05) is 19.7 Å². The summed E-state index contributed by atoms with van der Waals surface area (Å²) >= 11 is 0. The zero-order valence-electron chi connectivity index (χ0n) is 8.85. The van der Waals surface area contributed by atoms with Crippen molar-refractivity contribution < 1.29 is 9.73 Å². The Bertz CT molecular complexity index is 197. The first kappa shape index (κ1) is 9.97. The van der Waals surface area contributed by atoms with Crippen molar-refractivity contribution in [2.24, 2.45) is 0 Å². The quantitative estimate of drug-likeness (QED) is 0.643. The van der Waals surface area contributed by atoms with E-state index in [4.69, 9.17) is 4.74 Å². The van der Waals surface area contributed by atoms with Gasteiger partial charge >= 0.3 is 0 Å². The van der Waals surface area contributed by atoms with Gasteiger partial charge in [0.1, 0.15) is 6.54 Å². The summed E-state index contributed by atoms with van der Waals surface area (Å²) in [5, 5.41) is 3.48. The van der Waals surface area contributed by atoms with E-state index in [1.165, 1.54) is 44.4 Å². The minimum atomic E-state index is 0.451. The maximum atomic E-state index is 5.57. The Hall–Kier alpha value is -0.570. The summed E-state index contributed by atoms with van der Waals surface area (Å²) in [6.07, 6.45) is 8.08. The molecule has 80 valence electrons. The van der Waals surface area contributed by atoms with E-state index in [1.54, 1.807) is 0 Å². The maximum Gasteiger partial charge on any atom is 0.242 e. The van der Waals surface area contributed by atoms with Crippen LogP contribution in [0, 0.1) is 0 Å². The first-order valence-corrected chi connectivity index (χ1v) is 5.90. The molecule has 2 aliphatic rings. The van der Waals surface area contributed by atoms with Gasteiger partial charge < -0.3 is 4.74 Å². The van der Waals surface area contributed by atoms with E-state index in [2.05, 4.69) is 10.3 Å². The summed E-state index contributed by atoms with van der Waals surface area (Å²) < 4.78 is 5.57. The lowest BCUT2D eigenvalue weighted by molar-refractivity contribution is -0.459.